The topological polar surface area (TPSA) is 43.4 Å². The molecule has 3 rings (SSSR count). The van der Waals surface area contributed by atoms with Gasteiger partial charge in [-0.3, -0.25) is 9.59 Å². The summed E-state index contributed by atoms with van der Waals surface area (Å²) in [5.74, 6) is -0.340. The lowest BCUT2D eigenvalue weighted by atomic mass is 9.82. The van der Waals surface area contributed by atoms with E-state index in [1.165, 1.54) is 5.57 Å². The van der Waals surface area contributed by atoms with Crippen LogP contribution in [0.3, 0.4) is 0 Å². The number of fused-ring (bicyclic) bond motifs is 5. The molecule has 3 aliphatic rings. The lowest BCUT2D eigenvalue weighted by Crippen LogP contribution is -2.23. The van der Waals surface area contributed by atoms with Crippen LogP contribution in [0.25, 0.3) is 0 Å². The number of hydrogen-bond donors (Lipinski definition) is 0. The zero-order valence-electron chi connectivity index (χ0n) is 7.32. The van der Waals surface area contributed by atoms with Gasteiger partial charge in [-0.05, 0) is 25.2 Å². The largest absolute Gasteiger partial charge is 0.393 e. The van der Waals surface area contributed by atoms with E-state index in [9.17, 15) is 9.59 Å². The third-order valence-corrected chi connectivity index (χ3v) is 3.62. The summed E-state index contributed by atoms with van der Waals surface area (Å²) in [6, 6.07) is 0. The van der Waals surface area contributed by atoms with Crippen LogP contribution in [0.4, 0.5) is 0 Å². The van der Waals surface area contributed by atoms with Gasteiger partial charge in [0.15, 0.2) is 0 Å². The smallest absolute Gasteiger partial charge is 0.318 e. The van der Waals surface area contributed by atoms with E-state index in [2.05, 4.69) is 10.8 Å². The fourth-order valence-corrected chi connectivity index (χ4v) is 3.07. The van der Waals surface area contributed by atoms with Crippen molar-refractivity contribution in [3.63, 3.8) is 0 Å². The predicted octanol–water partition coefficient (Wildman–Crippen LogP) is 0.898. The van der Waals surface area contributed by atoms with Gasteiger partial charge in [0.25, 0.3) is 0 Å². The number of allylic oxidation sites excluding steroid dienone is 2. The lowest BCUT2D eigenvalue weighted by Gasteiger charge is -2.17. The SMILES string of the molecule is CC1=C[C@@H]2C[C@H]1[C@H]1C(=O)OC(=O)[C@@H]12. The second-order valence-corrected chi connectivity index (χ2v) is 4.21. The first-order valence-corrected chi connectivity index (χ1v) is 4.62. The van der Waals surface area contributed by atoms with Crippen molar-refractivity contribution in [2.75, 3.05) is 0 Å². The Morgan fingerprint density at radius 3 is 2.77 bits per heavy atom. The van der Waals surface area contributed by atoms with Crippen LogP contribution in [0, 0.1) is 23.7 Å². The second kappa shape index (κ2) is 2.03. The van der Waals surface area contributed by atoms with Gasteiger partial charge in [-0.15, -0.1) is 0 Å². The van der Waals surface area contributed by atoms with E-state index in [-0.39, 0.29) is 35.6 Å². The summed E-state index contributed by atoms with van der Waals surface area (Å²) >= 11 is 0. The van der Waals surface area contributed by atoms with Crippen LogP contribution in [0.1, 0.15) is 13.3 Å². The minimum Gasteiger partial charge on any atom is -0.393 e. The highest BCUT2D eigenvalue weighted by Crippen LogP contribution is 2.54. The summed E-state index contributed by atoms with van der Waals surface area (Å²) in [6.07, 6.45) is 3.10. The molecule has 0 aromatic rings. The molecule has 3 heteroatoms. The van der Waals surface area contributed by atoms with Crippen molar-refractivity contribution in [2.45, 2.75) is 13.3 Å². The minimum absolute atomic E-state index is 0.150. The molecule has 68 valence electrons. The van der Waals surface area contributed by atoms with Crippen LogP contribution >= 0.6 is 0 Å². The highest BCUT2D eigenvalue weighted by Gasteiger charge is 2.59. The minimum atomic E-state index is -0.300. The Morgan fingerprint density at radius 1 is 1.31 bits per heavy atom. The van der Waals surface area contributed by atoms with Crippen molar-refractivity contribution in [1.82, 2.24) is 0 Å². The molecule has 13 heavy (non-hydrogen) atoms. The average Bonchev–Trinajstić information content (AvgIpc) is 2.64. The van der Waals surface area contributed by atoms with E-state index in [1.807, 2.05) is 6.92 Å². The fraction of sp³-hybridized carbons (Fsp3) is 0.600. The first-order valence-electron chi connectivity index (χ1n) is 4.62. The summed E-state index contributed by atoms with van der Waals surface area (Å²) in [5, 5.41) is 0. The maximum absolute atomic E-state index is 11.3. The number of esters is 2. The van der Waals surface area contributed by atoms with E-state index >= 15 is 0 Å². The van der Waals surface area contributed by atoms with Gasteiger partial charge < -0.3 is 4.74 Å². The molecule has 0 amide bonds. The Balaban J connectivity index is 2.08. The van der Waals surface area contributed by atoms with Crippen molar-refractivity contribution in [3.05, 3.63) is 11.6 Å². The molecule has 2 fully saturated rings. The van der Waals surface area contributed by atoms with E-state index in [0.29, 0.717) is 0 Å². The summed E-state index contributed by atoms with van der Waals surface area (Å²) in [6.45, 7) is 2.04. The molecule has 0 spiro atoms. The normalized spacial score (nSPS) is 46.4. The van der Waals surface area contributed by atoms with Gasteiger partial charge in [0.1, 0.15) is 0 Å². The van der Waals surface area contributed by atoms with Crippen LogP contribution in [-0.4, -0.2) is 11.9 Å². The monoisotopic (exact) mass is 178 g/mol. The fourth-order valence-electron chi connectivity index (χ4n) is 3.07. The number of ether oxygens (including phenoxy) is 1. The molecule has 4 atom stereocenters. The van der Waals surface area contributed by atoms with Gasteiger partial charge in [0.05, 0.1) is 11.8 Å². The van der Waals surface area contributed by atoms with Gasteiger partial charge in [-0.1, -0.05) is 11.6 Å². The van der Waals surface area contributed by atoms with Gasteiger partial charge in [0.2, 0.25) is 0 Å². The van der Waals surface area contributed by atoms with Crippen molar-refractivity contribution in [2.24, 2.45) is 23.7 Å². The maximum atomic E-state index is 11.3. The van der Waals surface area contributed by atoms with E-state index in [1.54, 1.807) is 0 Å². The summed E-state index contributed by atoms with van der Waals surface area (Å²) < 4.78 is 4.65. The molecule has 0 N–H and O–H groups in total. The molecule has 1 heterocycles. The zero-order valence-corrected chi connectivity index (χ0v) is 7.32. The number of cyclic esters (lactones) is 2. The number of carbonyl (C=O) groups is 2. The number of carbonyl (C=O) groups excluding carboxylic acids is 2. The van der Waals surface area contributed by atoms with Gasteiger partial charge in [0, 0.05) is 0 Å². The standard InChI is InChI=1S/C10H10O3/c1-4-2-5-3-6(4)8-7(5)9(11)13-10(8)12/h2,5-8H,3H2,1H3/t5-,6-,7-,8-/m1/s1. The third kappa shape index (κ3) is 0.705. The van der Waals surface area contributed by atoms with Crippen molar-refractivity contribution in [1.29, 1.82) is 0 Å². The highest BCUT2D eigenvalue weighted by molar-refractivity contribution is 5.98. The predicted molar refractivity (Wildman–Crippen MR) is 43.4 cm³/mol. The molecule has 1 saturated heterocycles. The van der Waals surface area contributed by atoms with Crippen LogP contribution in [0.5, 0.6) is 0 Å². The molecular weight excluding hydrogens is 168 g/mol. The Labute approximate surface area is 75.8 Å². The molecule has 2 bridgehead atoms. The molecule has 3 nitrogen and oxygen atoms in total. The van der Waals surface area contributed by atoms with E-state index in [0.717, 1.165) is 6.42 Å². The molecular formula is C10H10O3. The van der Waals surface area contributed by atoms with E-state index in [4.69, 9.17) is 0 Å². The molecule has 0 radical (unpaired) electrons. The summed E-state index contributed by atoms with van der Waals surface area (Å²) in [4.78, 5) is 22.6. The summed E-state index contributed by atoms with van der Waals surface area (Å²) in [7, 11) is 0. The Bertz CT molecular complexity index is 342. The van der Waals surface area contributed by atoms with Crippen molar-refractivity contribution in [3.8, 4) is 0 Å². The number of hydrogen-bond acceptors (Lipinski definition) is 3. The Morgan fingerprint density at radius 2 is 2.00 bits per heavy atom. The van der Waals surface area contributed by atoms with Gasteiger partial charge in [-0.25, -0.2) is 0 Å². The van der Waals surface area contributed by atoms with Crippen molar-refractivity contribution >= 4 is 11.9 Å². The second-order valence-electron chi connectivity index (χ2n) is 4.21. The zero-order chi connectivity index (χ0) is 9.16. The molecule has 0 aromatic heterocycles. The lowest BCUT2D eigenvalue weighted by molar-refractivity contribution is -0.154. The molecule has 1 aliphatic heterocycles. The average molecular weight is 178 g/mol. The molecule has 2 aliphatic carbocycles. The van der Waals surface area contributed by atoms with Gasteiger partial charge >= 0.3 is 11.9 Å². The number of rotatable bonds is 0. The molecule has 0 aromatic carbocycles. The first-order chi connectivity index (χ1) is 6.18. The summed E-state index contributed by atoms with van der Waals surface area (Å²) in [5.41, 5.74) is 1.26. The highest BCUT2D eigenvalue weighted by atomic mass is 16.6. The van der Waals surface area contributed by atoms with Crippen LogP contribution in [0.2, 0.25) is 0 Å². The maximum Gasteiger partial charge on any atom is 0.318 e. The third-order valence-electron chi connectivity index (χ3n) is 3.62. The van der Waals surface area contributed by atoms with Crippen LogP contribution in [0.15, 0.2) is 11.6 Å². The molecule has 0 unspecified atom stereocenters. The Kier molecular flexibility index (Phi) is 1.14. The van der Waals surface area contributed by atoms with Crippen molar-refractivity contribution < 1.29 is 14.3 Å². The van der Waals surface area contributed by atoms with Crippen LogP contribution < -0.4 is 0 Å². The Hall–Kier alpha value is -1.12. The quantitative estimate of drug-likeness (QED) is 0.314. The first kappa shape index (κ1) is 7.30. The van der Waals surface area contributed by atoms with E-state index < -0.39 is 0 Å². The van der Waals surface area contributed by atoms with Crippen LogP contribution in [-0.2, 0) is 14.3 Å². The molecule has 1 saturated carbocycles. The van der Waals surface area contributed by atoms with Gasteiger partial charge in [-0.2, -0.15) is 0 Å².